The largest absolute Gasteiger partial charge is 0.496 e. The molecule has 0 spiro atoms. The smallest absolute Gasteiger partial charge is 0.243 e. The minimum atomic E-state index is -3.51. The van der Waals surface area contributed by atoms with Gasteiger partial charge >= 0.3 is 0 Å². The van der Waals surface area contributed by atoms with E-state index in [1.54, 1.807) is 17.5 Å². The van der Waals surface area contributed by atoms with Crippen LogP contribution in [-0.4, -0.2) is 58.0 Å². The molecule has 1 atom stereocenters. The molecule has 1 saturated heterocycles. The molecule has 23 heavy (non-hydrogen) atoms. The average Bonchev–Trinajstić information content (AvgIpc) is 2.73. The van der Waals surface area contributed by atoms with Gasteiger partial charge in [-0.05, 0) is 51.9 Å². The Morgan fingerprint density at radius 2 is 1.87 bits per heavy atom. The van der Waals surface area contributed by atoms with E-state index in [1.165, 1.54) is 0 Å². The fourth-order valence-electron chi connectivity index (χ4n) is 3.18. The molecular formula is C17H28N2O3S. The Morgan fingerprint density at radius 1 is 1.17 bits per heavy atom. The van der Waals surface area contributed by atoms with Crippen molar-refractivity contribution in [1.82, 2.24) is 9.21 Å². The third-order valence-electron chi connectivity index (χ3n) is 4.65. The molecule has 0 unspecified atom stereocenters. The molecule has 130 valence electrons. The minimum Gasteiger partial charge on any atom is -0.496 e. The maximum Gasteiger partial charge on any atom is 0.243 e. The second-order valence-corrected chi connectivity index (χ2v) is 8.47. The van der Waals surface area contributed by atoms with Gasteiger partial charge in [0.2, 0.25) is 10.0 Å². The lowest BCUT2D eigenvalue weighted by Crippen LogP contribution is -2.42. The van der Waals surface area contributed by atoms with Crippen molar-refractivity contribution >= 4 is 10.0 Å². The van der Waals surface area contributed by atoms with Crippen molar-refractivity contribution in [3.8, 4) is 5.75 Å². The van der Waals surface area contributed by atoms with E-state index in [2.05, 4.69) is 4.90 Å². The molecule has 0 bridgehead atoms. The molecule has 2 rings (SSSR count). The normalized spacial score (nSPS) is 20.5. The molecule has 0 amide bonds. The van der Waals surface area contributed by atoms with E-state index in [4.69, 9.17) is 4.74 Å². The Balaban J connectivity index is 2.40. The van der Waals surface area contributed by atoms with E-state index in [0.717, 1.165) is 30.4 Å². The lowest BCUT2D eigenvalue weighted by molar-refractivity contribution is 0.248. The second kappa shape index (κ2) is 7.20. The van der Waals surface area contributed by atoms with Gasteiger partial charge in [0.05, 0.1) is 12.0 Å². The van der Waals surface area contributed by atoms with Crippen LogP contribution in [-0.2, 0) is 10.0 Å². The summed E-state index contributed by atoms with van der Waals surface area (Å²) in [5, 5.41) is 0. The molecule has 0 N–H and O–H groups in total. The van der Waals surface area contributed by atoms with Crippen molar-refractivity contribution in [2.75, 3.05) is 34.3 Å². The summed E-state index contributed by atoms with van der Waals surface area (Å²) >= 11 is 0. The van der Waals surface area contributed by atoms with Gasteiger partial charge in [-0.1, -0.05) is 12.5 Å². The van der Waals surface area contributed by atoms with Gasteiger partial charge in [-0.2, -0.15) is 4.31 Å². The summed E-state index contributed by atoms with van der Waals surface area (Å²) in [6, 6.07) is 3.81. The topological polar surface area (TPSA) is 49.9 Å². The minimum absolute atomic E-state index is 0.264. The van der Waals surface area contributed by atoms with Gasteiger partial charge in [0, 0.05) is 25.2 Å². The van der Waals surface area contributed by atoms with Crippen molar-refractivity contribution in [1.29, 1.82) is 0 Å². The van der Waals surface area contributed by atoms with Crippen molar-refractivity contribution in [3.05, 3.63) is 23.3 Å². The summed E-state index contributed by atoms with van der Waals surface area (Å²) in [5.41, 5.74) is 1.72. The van der Waals surface area contributed by atoms with Gasteiger partial charge < -0.3 is 9.64 Å². The first-order valence-corrected chi connectivity index (χ1v) is 9.53. The first kappa shape index (κ1) is 18.2. The number of methoxy groups -OCH3 is 1. The van der Waals surface area contributed by atoms with Gasteiger partial charge in [-0.15, -0.1) is 0 Å². The highest BCUT2D eigenvalue weighted by molar-refractivity contribution is 7.89. The SMILES string of the molecule is COc1cc(S(=O)(=O)N2CCCC[C@H](N(C)C)C2)c(C)cc1C. The van der Waals surface area contributed by atoms with Crippen LogP contribution in [0.15, 0.2) is 17.0 Å². The Kier molecular flexibility index (Phi) is 5.70. The van der Waals surface area contributed by atoms with E-state index >= 15 is 0 Å². The Morgan fingerprint density at radius 3 is 2.48 bits per heavy atom. The molecule has 1 fully saturated rings. The van der Waals surface area contributed by atoms with E-state index in [-0.39, 0.29) is 6.04 Å². The first-order valence-electron chi connectivity index (χ1n) is 8.09. The van der Waals surface area contributed by atoms with Crippen LogP contribution in [0.5, 0.6) is 5.75 Å². The maximum atomic E-state index is 13.2. The number of hydrogen-bond donors (Lipinski definition) is 0. The predicted octanol–water partition coefficient (Wildman–Crippen LogP) is 2.42. The number of benzene rings is 1. The standard InChI is InChI=1S/C17H28N2O3S/c1-13-10-14(2)17(11-16(13)22-5)23(20,21)19-9-7-6-8-15(12-19)18(3)4/h10-11,15H,6-9,12H2,1-5H3/t15-/m0/s1. The first-order chi connectivity index (χ1) is 10.8. The second-order valence-electron chi connectivity index (χ2n) is 6.56. The number of aryl methyl sites for hydroxylation is 2. The molecule has 0 aromatic heterocycles. The van der Waals surface area contributed by atoms with Crippen LogP contribution < -0.4 is 4.74 Å². The molecule has 1 aliphatic heterocycles. The van der Waals surface area contributed by atoms with Crippen molar-refractivity contribution in [3.63, 3.8) is 0 Å². The lowest BCUT2D eigenvalue weighted by Gasteiger charge is -2.28. The van der Waals surface area contributed by atoms with Crippen LogP contribution >= 0.6 is 0 Å². The zero-order valence-corrected chi connectivity index (χ0v) is 15.6. The quantitative estimate of drug-likeness (QED) is 0.845. The van der Waals surface area contributed by atoms with Gasteiger partial charge in [-0.25, -0.2) is 8.42 Å². The van der Waals surface area contributed by atoms with Crippen LogP contribution in [0.4, 0.5) is 0 Å². The van der Waals surface area contributed by atoms with Gasteiger partial charge in [0.15, 0.2) is 0 Å². The molecule has 0 aliphatic carbocycles. The zero-order chi connectivity index (χ0) is 17.2. The summed E-state index contributed by atoms with van der Waals surface area (Å²) < 4.78 is 33.3. The van der Waals surface area contributed by atoms with Crippen molar-refractivity contribution in [2.45, 2.75) is 44.0 Å². The van der Waals surface area contributed by atoms with Crippen LogP contribution in [0, 0.1) is 13.8 Å². The number of nitrogens with zero attached hydrogens (tertiary/aromatic N) is 2. The summed E-state index contributed by atoms with van der Waals surface area (Å²) in [6.07, 6.45) is 3.01. The summed E-state index contributed by atoms with van der Waals surface area (Å²) in [7, 11) is 2.10. The number of likely N-dealkylation sites (N-methyl/N-ethyl adjacent to an activating group) is 1. The predicted molar refractivity (Wildman–Crippen MR) is 92.6 cm³/mol. The van der Waals surface area contributed by atoms with E-state index in [9.17, 15) is 8.42 Å². The fourth-order valence-corrected chi connectivity index (χ4v) is 4.91. The lowest BCUT2D eigenvalue weighted by atomic mass is 10.1. The summed E-state index contributed by atoms with van der Waals surface area (Å²) in [4.78, 5) is 2.48. The number of sulfonamides is 1. The average molecular weight is 340 g/mol. The highest BCUT2D eigenvalue weighted by atomic mass is 32.2. The molecule has 1 aromatic carbocycles. The van der Waals surface area contributed by atoms with Gasteiger partial charge in [-0.3, -0.25) is 0 Å². The third-order valence-corrected chi connectivity index (χ3v) is 6.66. The van der Waals surface area contributed by atoms with Crippen LogP contribution in [0.1, 0.15) is 30.4 Å². The Bertz CT molecular complexity index is 656. The Hall–Kier alpha value is -1.11. The van der Waals surface area contributed by atoms with Crippen LogP contribution in [0.3, 0.4) is 0 Å². The summed E-state index contributed by atoms with van der Waals surface area (Å²) in [5.74, 6) is 0.619. The monoisotopic (exact) mass is 340 g/mol. The zero-order valence-electron chi connectivity index (χ0n) is 14.8. The molecule has 1 aromatic rings. The summed E-state index contributed by atoms with van der Waals surface area (Å²) in [6.45, 7) is 4.91. The molecule has 0 saturated carbocycles. The van der Waals surface area contributed by atoms with E-state index in [1.807, 2.05) is 34.0 Å². The number of rotatable bonds is 4. The molecule has 6 heteroatoms. The van der Waals surface area contributed by atoms with Gasteiger partial charge in [0.1, 0.15) is 5.75 Å². The van der Waals surface area contributed by atoms with E-state index < -0.39 is 10.0 Å². The number of hydrogen-bond acceptors (Lipinski definition) is 4. The van der Waals surface area contributed by atoms with Crippen molar-refractivity contribution < 1.29 is 13.2 Å². The molecule has 1 aliphatic rings. The van der Waals surface area contributed by atoms with Crippen LogP contribution in [0.25, 0.3) is 0 Å². The molecule has 0 radical (unpaired) electrons. The van der Waals surface area contributed by atoms with Crippen LogP contribution in [0.2, 0.25) is 0 Å². The highest BCUT2D eigenvalue weighted by Crippen LogP contribution is 2.29. The molecule has 1 heterocycles. The number of ether oxygens (including phenoxy) is 1. The highest BCUT2D eigenvalue weighted by Gasteiger charge is 2.31. The molecule has 5 nitrogen and oxygen atoms in total. The maximum absolute atomic E-state index is 13.2. The van der Waals surface area contributed by atoms with E-state index in [0.29, 0.717) is 23.7 Å². The molecular weight excluding hydrogens is 312 g/mol. The fraction of sp³-hybridized carbons (Fsp3) is 0.647. The third kappa shape index (κ3) is 3.87. The van der Waals surface area contributed by atoms with Crippen molar-refractivity contribution in [2.24, 2.45) is 0 Å². The Labute approximate surface area is 140 Å². The van der Waals surface area contributed by atoms with Gasteiger partial charge in [0.25, 0.3) is 0 Å².